The minimum atomic E-state index is -0.456. The smallest absolute Gasteiger partial charge is 0.310 e. The zero-order valence-electron chi connectivity index (χ0n) is 14.8. The van der Waals surface area contributed by atoms with Crippen molar-refractivity contribution in [1.29, 1.82) is 0 Å². The lowest BCUT2D eigenvalue weighted by atomic mass is 10.0. The Bertz CT molecular complexity index is 766. The maximum Gasteiger partial charge on any atom is 0.310 e. The zero-order chi connectivity index (χ0) is 18.8. The van der Waals surface area contributed by atoms with Crippen LogP contribution in [0.2, 0.25) is 0 Å². The Morgan fingerprint density at radius 2 is 1.73 bits per heavy atom. The summed E-state index contributed by atoms with van der Waals surface area (Å²) in [7, 11) is 0. The molecule has 0 aromatic heterocycles. The van der Waals surface area contributed by atoms with E-state index in [2.05, 4.69) is 5.32 Å². The van der Waals surface area contributed by atoms with Crippen LogP contribution >= 0.6 is 0 Å². The predicted molar refractivity (Wildman–Crippen MR) is 97.5 cm³/mol. The Balaban J connectivity index is 1.71. The van der Waals surface area contributed by atoms with Gasteiger partial charge in [-0.25, -0.2) is 0 Å². The van der Waals surface area contributed by atoms with Gasteiger partial charge >= 0.3 is 11.9 Å². The van der Waals surface area contributed by atoms with Gasteiger partial charge in [0, 0.05) is 13.0 Å². The van der Waals surface area contributed by atoms with Crippen molar-refractivity contribution in [3.8, 4) is 0 Å². The number of nitrogens with one attached hydrogen (secondary N) is 1. The second-order valence-electron chi connectivity index (χ2n) is 5.73. The highest BCUT2D eigenvalue weighted by atomic mass is 16.5. The Hall–Kier alpha value is -2.89. The van der Waals surface area contributed by atoms with E-state index in [1.807, 2.05) is 42.5 Å². The summed E-state index contributed by atoms with van der Waals surface area (Å²) < 4.78 is 9.82. The molecular formula is C20H23NO5. The maximum atomic E-state index is 12.0. The Kier molecular flexibility index (Phi) is 7.61. The molecule has 6 heteroatoms. The number of ether oxygens (including phenoxy) is 2. The first-order valence-electron chi connectivity index (χ1n) is 8.64. The highest BCUT2D eigenvalue weighted by Crippen LogP contribution is 2.19. The van der Waals surface area contributed by atoms with Crippen molar-refractivity contribution in [2.45, 2.75) is 26.2 Å². The molecule has 0 saturated heterocycles. The SMILES string of the molecule is CCOC(=O)CCCNC(=O)COC(=O)Cc1cccc2ccccc12. The summed E-state index contributed by atoms with van der Waals surface area (Å²) >= 11 is 0. The third-order valence-corrected chi connectivity index (χ3v) is 3.76. The van der Waals surface area contributed by atoms with Crippen LogP contribution in [0.3, 0.4) is 0 Å². The van der Waals surface area contributed by atoms with Crippen LogP contribution < -0.4 is 5.32 Å². The summed E-state index contributed by atoms with van der Waals surface area (Å²) in [5.74, 6) is -1.13. The summed E-state index contributed by atoms with van der Waals surface area (Å²) in [6.07, 6.45) is 0.834. The van der Waals surface area contributed by atoms with Crippen LogP contribution in [0.25, 0.3) is 10.8 Å². The molecule has 2 rings (SSSR count). The van der Waals surface area contributed by atoms with Crippen LogP contribution in [-0.4, -0.2) is 37.6 Å². The number of esters is 2. The molecule has 0 atom stereocenters. The molecule has 0 aliphatic carbocycles. The van der Waals surface area contributed by atoms with Crippen molar-refractivity contribution in [3.63, 3.8) is 0 Å². The molecule has 2 aromatic rings. The van der Waals surface area contributed by atoms with E-state index in [9.17, 15) is 14.4 Å². The van der Waals surface area contributed by atoms with Crippen LogP contribution in [0.5, 0.6) is 0 Å². The van der Waals surface area contributed by atoms with Crippen LogP contribution in [0.4, 0.5) is 0 Å². The van der Waals surface area contributed by atoms with Gasteiger partial charge < -0.3 is 14.8 Å². The number of hydrogen-bond donors (Lipinski definition) is 1. The molecule has 2 aromatic carbocycles. The second-order valence-corrected chi connectivity index (χ2v) is 5.73. The number of benzene rings is 2. The molecule has 0 bridgehead atoms. The van der Waals surface area contributed by atoms with Crippen molar-refractivity contribution >= 4 is 28.6 Å². The number of carbonyl (C=O) groups is 3. The Morgan fingerprint density at radius 1 is 0.962 bits per heavy atom. The summed E-state index contributed by atoms with van der Waals surface area (Å²) in [4.78, 5) is 34.8. The highest BCUT2D eigenvalue weighted by molar-refractivity contribution is 5.89. The van der Waals surface area contributed by atoms with Crippen molar-refractivity contribution in [2.24, 2.45) is 0 Å². The predicted octanol–water partition coefficient (Wildman–Crippen LogP) is 2.39. The average molecular weight is 357 g/mol. The molecule has 0 spiro atoms. The van der Waals surface area contributed by atoms with Crippen LogP contribution in [0.15, 0.2) is 42.5 Å². The summed E-state index contributed by atoms with van der Waals surface area (Å²) in [6.45, 7) is 2.09. The van der Waals surface area contributed by atoms with Gasteiger partial charge in [0.05, 0.1) is 13.0 Å². The van der Waals surface area contributed by atoms with E-state index < -0.39 is 5.97 Å². The fourth-order valence-electron chi connectivity index (χ4n) is 2.54. The minimum Gasteiger partial charge on any atom is -0.466 e. The Labute approximate surface area is 152 Å². The van der Waals surface area contributed by atoms with Gasteiger partial charge in [-0.05, 0) is 29.7 Å². The van der Waals surface area contributed by atoms with Gasteiger partial charge in [0.2, 0.25) is 0 Å². The van der Waals surface area contributed by atoms with Gasteiger partial charge in [0.25, 0.3) is 5.91 Å². The summed E-state index contributed by atoms with van der Waals surface area (Å²) in [5.41, 5.74) is 0.864. The van der Waals surface area contributed by atoms with Gasteiger partial charge in [-0.15, -0.1) is 0 Å². The van der Waals surface area contributed by atoms with Gasteiger partial charge in [0.15, 0.2) is 6.61 Å². The van der Waals surface area contributed by atoms with Crippen LogP contribution in [0, 0.1) is 0 Å². The van der Waals surface area contributed by atoms with E-state index in [0.717, 1.165) is 16.3 Å². The monoisotopic (exact) mass is 357 g/mol. The molecule has 26 heavy (non-hydrogen) atoms. The topological polar surface area (TPSA) is 81.7 Å². The van der Waals surface area contributed by atoms with E-state index in [1.54, 1.807) is 6.92 Å². The first-order valence-corrected chi connectivity index (χ1v) is 8.64. The minimum absolute atomic E-state index is 0.109. The molecule has 138 valence electrons. The van der Waals surface area contributed by atoms with Crippen molar-refractivity contribution < 1.29 is 23.9 Å². The molecule has 0 unspecified atom stereocenters. The largest absolute Gasteiger partial charge is 0.466 e. The number of carbonyl (C=O) groups excluding carboxylic acids is 3. The molecule has 0 saturated carbocycles. The summed E-state index contributed by atoms with van der Waals surface area (Å²) in [6, 6.07) is 13.5. The van der Waals surface area contributed by atoms with E-state index in [4.69, 9.17) is 9.47 Å². The molecule has 0 aliphatic rings. The standard InChI is InChI=1S/C20H23NO5/c1-2-25-19(23)11-6-12-21-18(22)14-26-20(24)13-16-9-5-8-15-7-3-4-10-17(15)16/h3-5,7-10H,2,6,11-14H2,1H3,(H,21,22). The number of rotatable bonds is 9. The van der Waals surface area contributed by atoms with Crippen molar-refractivity contribution in [2.75, 3.05) is 19.8 Å². The summed E-state index contributed by atoms with van der Waals surface area (Å²) in [5, 5.41) is 4.65. The first-order chi connectivity index (χ1) is 12.6. The van der Waals surface area contributed by atoms with Crippen LogP contribution in [0.1, 0.15) is 25.3 Å². The van der Waals surface area contributed by atoms with Gasteiger partial charge in [-0.1, -0.05) is 42.5 Å². The third-order valence-electron chi connectivity index (χ3n) is 3.76. The van der Waals surface area contributed by atoms with Gasteiger partial charge in [-0.3, -0.25) is 14.4 Å². The maximum absolute atomic E-state index is 12.0. The fraction of sp³-hybridized carbons (Fsp3) is 0.350. The molecule has 1 N–H and O–H groups in total. The average Bonchev–Trinajstić information content (AvgIpc) is 2.64. The zero-order valence-corrected chi connectivity index (χ0v) is 14.8. The van der Waals surface area contributed by atoms with Gasteiger partial charge in [-0.2, -0.15) is 0 Å². The Morgan fingerprint density at radius 3 is 2.54 bits per heavy atom. The normalized spacial score (nSPS) is 10.3. The fourth-order valence-corrected chi connectivity index (χ4v) is 2.54. The number of fused-ring (bicyclic) bond motifs is 1. The van der Waals surface area contributed by atoms with Crippen molar-refractivity contribution in [3.05, 3.63) is 48.0 Å². The molecule has 0 heterocycles. The van der Waals surface area contributed by atoms with Crippen molar-refractivity contribution in [1.82, 2.24) is 5.32 Å². The van der Waals surface area contributed by atoms with E-state index in [-0.39, 0.29) is 31.3 Å². The number of hydrogen-bond acceptors (Lipinski definition) is 5. The van der Waals surface area contributed by atoms with E-state index >= 15 is 0 Å². The molecule has 0 radical (unpaired) electrons. The second kappa shape index (κ2) is 10.2. The third kappa shape index (κ3) is 6.20. The van der Waals surface area contributed by atoms with Gasteiger partial charge in [0.1, 0.15) is 0 Å². The molecular weight excluding hydrogens is 334 g/mol. The quantitative estimate of drug-likeness (QED) is 0.550. The lowest BCUT2D eigenvalue weighted by molar-refractivity contribution is -0.147. The molecule has 0 aliphatic heterocycles. The first kappa shape index (κ1) is 19.4. The van der Waals surface area contributed by atoms with E-state index in [0.29, 0.717) is 19.6 Å². The number of amides is 1. The molecule has 6 nitrogen and oxygen atoms in total. The van der Waals surface area contributed by atoms with E-state index in [1.165, 1.54) is 0 Å². The van der Waals surface area contributed by atoms with Crippen LogP contribution in [-0.2, 0) is 30.3 Å². The lowest BCUT2D eigenvalue weighted by Crippen LogP contribution is -2.30. The molecule has 1 amide bonds. The highest BCUT2D eigenvalue weighted by Gasteiger charge is 2.10. The lowest BCUT2D eigenvalue weighted by Gasteiger charge is -2.08. The molecule has 0 fully saturated rings.